The zero-order valence-corrected chi connectivity index (χ0v) is 17.7. The first-order valence-corrected chi connectivity index (χ1v) is 10.0. The van der Waals surface area contributed by atoms with Crippen LogP contribution < -0.4 is 10.3 Å². The number of carbonyl (C=O) groups excluding carboxylic acids is 1. The summed E-state index contributed by atoms with van der Waals surface area (Å²) < 4.78 is 17.9. The Morgan fingerprint density at radius 3 is 2.97 bits per heavy atom. The minimum atomic E-state index is -0.562. The Balaban J connectivity index is 1.44. The van der Waals surface area contributed by atoms with Gasteiger partial charge in [0.2, 0.25) is 0 Å². The maximum absolute atomic E-state index is 12.6. The molecule has 0 atom stereocenters. The zero-order valence-electron chi connectivity index (χ0n) is 16.1. The van der Waals surface area contributed by atoms with Gasteiger partial charge in [-0.1, -0.05) is 15.9 Å². The number of carbonyl (C=O) groups is 1. The van der Waals surface area contributed by atoms with Gasteiger partial charge in [0.05, 0.1) is 35.2 Å². The molecule has 1 aliphatic heterocycles. The SMILES string of the molecule is O=C(CCn1cnc2ccc(Br)cc2c1=O)OCc1cc([N+](=O)[O-])cc2c1OCOC2. The Bertz CT molecular complexity index is 1240. The second-order valence-electron chi connectivity index (χ2n) is 6.78. The number of esters is 1. The van der Waals surface area contributed by atoms with E-state index in [0.717, 1.165) is 4.47 Å². The molecule has 0 amide bonds. The average Bonchev–Trinajstić information content (AvgIpc) is 2.77. The van der Waals surface area contributed by atoms with Gasteiger partial charge in [0.25, 0.3) is 11.2 Å². The van der Waals surface area contributed by atoms with E-state index in [2.05, 4.69) is 20.9 Å². The molecule has 10 nitrogen and oxygen atoms in total. The predicted octanol–water partition coefficient (Wildman–Crippen LogP) is 3.07. The van der Waals surface area contributed by atoms with Crippen molar-refractivity contribution in [3.63, 3.8) is 0 Å². The van der Waals surface area contributed by atoms with Crippen LogP contribution in [0.25, 0.3) is 10.9 Å². The quantitative estimate of drug-likeness (QED) is 0.294. The monoisotopic (exact) mass is 489 g/mol. The van der Waals surface area contributed by atoms with Crippen LogP contribution in [-0.4, -0.2) is 27.2 Å². The van der Waals surface area contributed by atoms with E-state index < -0.39 is 10.9 Å². The summed E-state index contributed by atoms with van der Waals surface area (Å²) in [6, 6.07) is 7.88. The Morgan fingerprint density at radius 1 is 1.32 bits per heavy atom. The third-order valence-electron chi connectivity index (χ3n) is 4.71. The first-order chi connectivity index (χ1) is 14.9. The van der Waals surface area contributed by atoms with Crippen molar-refractivity contribution in [3.05, 3.63) is 72.7 Å². The molecule has 2 heterocycles. The van der Waals surface area contributed by atoms with E-state index in [1.807, 2.05) is 0 Å². The van der Waals surface area contributed by atoms with Gasteiger partial charge >= 0.3 is 5.97 Å². The molecule has 0 bridgehead atoms. The molecule has 0 N–H and O–H groups in total. The molecule has 0 fully saturated rings. The van der Waals surface area contributed by atoms with Gasteiger partial charge in [-0.3, -0.25) is 24.3 Å². The number of hydrogen-bond donors (Lipinski definition) is 0. The van der Waals surface area contributed by atoms with Crippen LogP contribution in [0.1, 0.15) is 17.5 Å². The molecule has 0 aliphatic carbocycles. The number of non-ortho nitro benzene ring substituents is 1. The molecule has 0 spiro atoms. The van der Waals surface area contributed by atoms with Crippen molar-refractivity contribution in [1.82, 2.24) is 9.55 Å². The van der Waals surface area contributed by atoms with Gasteiger partial charge in [-0.15, -0.1) is 0 Å². The van der Waals surface area contributed by atoms with E-state index in [9.17, 15) is 19.7 Å². The van der Waals surface area contributed by atoms with E-state index in [4.69, 9.17) is 14.2 Å². The molecule has 4 rings (SSSR count). The largest absolute Gasteiger partial charge is 0.467 e. The minimum absolute atomic E-state index is 0.0136. The molecule has 2 aromatic carbocycles. The van der Waals surface area contributed by atoms with Gasteiger partial charge in [0.1, 0.15) is 12.4 Å². The lowest BCUT2D eigenvalue weighted by Gasteiger charge is -2.20. The molecule has 0 saturated heterocycles. The highest BCUT2D eigenvalue weighted by Gasteiger charge is 2.21. The summed E-state index contributed by atoms with van der Waals surface area (Å²) in [5.41, 5.74) is 1.06. The molecule has 0 saturated carbocycles. The minimum Gasteiger partial charge on any atom is -0.467 e. The maximum Gasteiger partial charge on any atom is 0.307 e. The van der Waals surface area contributed by atoms with Crippen LogP contribution in [0.2, 0.25) is 0 Å². The Labute approximate surface area is 183 Å². The fourth-order valence-corrected chi connectivity index (χ4v) is 3.59. The summed E-state index contributed by atoms with van der Waals surface area (Å²) >= 11 is 3.33. The smallest absolute Gasteiger partial charge is 0.307 e. The van der Waals surface area contributed by atoms with Gasteiger partial charge in [-0.25, -0.2) is 4.98 Å². The van der Waals surface area contributed by atoms with Crippen molar-refractivity contribution >= 4 is 38.5 Å². The van der Waals surface area contributed by atoms with Crippen LogP contribution in [0.15, 0.2) is 45.9 Å². The molecular formula is C20H16BrN3O7. The van der Waals surface area contributed by atoms with Crippen LogP contribution in [0.4, 0.5) is 5.69 Å². The first-order valence-electron chi connectivity index (χ1n) is 9.23. The Hall–Kier alpha value is -3.31. The Kier molecular flexibility index (Phi) is 5.96. The predicted molar refractivity (Wildman–Crippen MR) is 111 cm³/mol. The van der Waals surface area contributed by atoms with Gasteiger partial charge in [0, 0.05) is 34.3 Å². The maximum atomic E-state index is 12.6. The number of ether oxygens (including phenoxy) is 3. The summed E-state index contributed by atoms with van der Waals surface area (Å²) in [5, 5.41) is 11.6. The second kappa shape index (κ2) is 8.82. The molecule has 1 aromatic heterocycles. The van der Waals surface area contributed by atoms with Crippen molar-refractivity contribution in [2.24, 2.45) is 0 Å². The highest BCUT2D eigenvalue weighted by molar-refractivity contribution is 9.10. The van der Waals surface area contributed by atoms with Crippen molar-refractivity contribution in [3.8, 4) is 5.75 Å². The van der Waals surface area contributed by atoms with Crippen LogP contribution in [0, 0.1) is 10.1 Å². The number of hydrogen-bond acceptors (Lipinski definition) is 8. The normalized spacial score (nSPS) is 12.8. The molecular weight excluding hydrogens is 474 g/mol. The number of benzene rings is 2. The number of fused-ring (bicyclic) bond motifs is 2. The van der Waals surface area contributed by atoms with E-state index in [-0.39, 0.29) is 44.2 Å². The lowest BCUT2D eigenvalue weighted by molar-refractivity contribution is -0.385. The number of nitrogens with zero attached hydrogens (tertiary/aromatic N) is 3. The van der Waals surface area contributed by atoms with Crippen molar-refractivity contribution in [2.45, 2.75) is 26.2 Å². The van der Waals surface area contributed by atoms with Gasteiger partial charge in [-0.05, 0) is 18.2 Å². The highest BCUT2D eigenvalue weighted by atomic mass is 79.9. The van der Waals surface area contributed by atoms with Gasteiger partial charge < -0.3 is 14.2 Å². The fourth-order valence-electron chi connectivity index (χ4n) is 3.23. The molecule has 11 heteroatoms. The fraction of sp³-hybridized carbons (Fsp3) is 0.250. The molecule has 3 aromatic rings. The number of rotatable bonds is 6. The third-order valence-corrected chi connectivity index (χ3v) is 5.21. The number of aryl methyl sites for hydroxylation is 1. The van der Waals surface area contributed by atoms with Crippen molar-refractivity contribution in [1.29, 1.82) is 0 Å². The summed E-state index contributed by atoms with van der Waals surface area (Å²) in [6.45, 7) is 0.0802. The van der Waals surface area contributed by atoms with Crippen molar-refractivity contribution in [2.75, 3.05) is 6.79 Å². The summed E-state index contributed by atoms with van der Waals surface area (Å²) in [4.78, 5) is 39.7. The number of nitro groups is 1. The van der Waals surface area contributed by atoms with E-state index in [1.54, 1.807) is 18.2 Å². The third kappa shape index (κ3) is 4.57. The lowest BCUT2D eigenvalue weighted by Crippen LogP contribution is -2.22. The van der Waals surface area contributed by atoms with E-state index in [1.165, 1.54) is 23.0 Å². The molecule has 0 radical (unpaired) electrons. The van der Waals surface area contributed by atoms with E-state index >= 15 is 0 Å². The van der Waals surface area contributed by atoms with E-state index in [0.29, 0.717) is 27.8 Å². The molecule has 31 heavy (non-hydrogen) atoms. The summed E-state index contributed by atoms with van der Waals surface area (Å²) in [5.74, 6) is -0.140. The topological polar surface area (TPSA) is 123 Å². The standard InChI is InChI=1S/C20H16BrN3O7/c21-14-1-2-17-16(7-14)20(26)23(10-22-17)4-3-18(25)30-9-13-6-15(24(27)28)5-12-8-29-11-31-19(12)13/h1-2,5-7,10H,3-4,8-9,11H2. The van der Waals surface area contributed by atoms with Gasteiger partial charge in [0.15, 0.2) is 6.79 Å². The van der Waals surface area contributed by atoms with Crippen LogP contribution in [-0.2, 0) is 34.0 Å². The summed E-state index contributed by atoms with van der Waals surface area (Å²) in [7, 11) is 0. The molecule has 0 unspecified atom stereocenters. The van der Waals surface area contributed by atoms with Gasteiger partial charge in [-0.2, -0.15) is 0 Å². The molecule has 1 aliphatic rings. The average molecular weight is 490 g/mol. The highest BCUT2D eigenvalue weighted by Crippen LogP contribution is 2.33. The number of halogens is 1. The summed E-state index contributed by atoms with van der Waals surface area (Å²) in [6.07, 6.45) is 1.32. The number of aromatic nitrogens is 2. The molecule has 160 valence electrons. The lowest BCUT2D eigenvalue weighted by atomic mass is 10.1. The van der Waals surface area contributed by atoms with Crippen LogP contribution >= 0.6 is 15.9 Å². The first kappa shape index (κ1) is 20.9. The van der Waals surface area contributed by atoms with Crippen molar-refractivity contribution < 1.29 is 23.9 Å². The Morgan fingerprint density at radius 2 is 2.16 bits per heavy atom. The second-order valence-corrected chi connectivity index (χ2v) is 7.69. The van der Waals surface area contributed by atoms with Crippen LogP contribution in [0.5, 0.6) is 5.75 Å². The van der Waals surface area contributed by atoms with Crippen LogP contribution in [0.3, 0.4) is 0 Å². The number of nitro benzene ring substituents is 1. The zero-order chi connectivity index (χ0) is 22.0.